The van der Waals surface area contributed by atoms with Gasteiger partial charge in [-0.1, -0.05) is 34.5 Å². The van der Waals surface area contributed by atoms with Crippen molar-refractivity contribution in [2.45, 2.75) is 53.8 Å². The number of carbonyl (C=O) groups is 1. The smallest absolute Gasteiger partial charge is 0.138 e. The van der Waals surface area contributed by atoms with Crippen molar-refractivity contribution in [2.75, 3.05) is 0 Å². The molecule has 1 rings (SSSR count). The molecule has 1 aliphatic carbocycles. The highest BCUT2D eigenvalue weighted by Gasteiger charge is 2.38. The van der Waals surface area contributed by atoms with Gasteiger partial charge in [0.2, 0.25) is 0 Å². The van der Waals surface area contributed by atoms with E-state index in [0.717, 1.165) is 6.42 Å². The molecule has 0 amide bonds. The van der Waals surface area contributed by atoms with E-state index in [4.69, 9.17) is 4.11 Å². The van der Waals surface area contributed by atoms with Crippen LogP contribution >= 0.6 is 0 Å². The predicted octanol–water partition coefficient (Wildman–Crippen LogP) is 3.43. The average Bonchev–Trinajstić information content (AvgIpc) is 2.05. The summed E-state index contributed by atoms with van der Waals surface area (Å²) < 4.78 is 22.5. The fourth-order valence-corrected chi connectivity index (χ4v) is 1.89. The topological polar surface area (TPSA) is 17.1 Å². The van der Waals surface area contributed by atoms with E-state index in [1.54, 1.807) is 6.92 Å². The van der Waals surface area contributed by atoms with E-state index in [9.17, 15) is 4.79 Å². The summed E-state index contributed by atoms with van der Waals surface area (Å²) in [6.07, 6.45) is 1.74. The van der Waals surface area contributed by atoms with Crippen LogP contribution in [0.2, 0.25) is 0 Å². The number of hydrogen-bond acceptors (Lipinski definition) is 1. The van der Waals surface area contributed by atoms with Gasteiger partial charge in [-0.3, -0.25) is 4.79 Å². The van der Waals surface area contributed by atoms with Gasteiger partial charge in [-0.05, 0) is 24.2 Å². The Kier molecular flexibility index (Phi) is 1.68. The Hall–Kier alpha value is -0.330. The van der Waals surface area contributed by atoms with Crippen LogP contribution in [0.4, 0.5) is 0 Å². The van der Waals surface area contributed by atoms with Crippen LogP contribution in [0.1, 0.15) is 57.9 Å². The van der Waals surface area contributed by atoms with Crippen molar-refractivity contribution >= 4 is 5.78 Å². The van der Waals surface area contributed by atoms with Crippen LogP contribution in [0, 0.1) is 16.7 Å². The van der Waals surface area contributed by atoms with Crippen molar-refractivity contribution in [1.29, 1.82) is 0 Å². The van der Waals surface area contributed by atoms with Gasteiger partial charge in [-0.15, -0.1) is 0 Å². The molecule has 0 radical (unpaired) electrons. The van der Waals surface area contributed by atoms with Crippen molar-refractivity contribution in [1.82, 2.24) is 0 Å². The molecule has 0 aromatic heterocycles. The van der Waals surface area contributed by atoms with Crippen molar-refractivity contribution in [3.05, 3.63) is 0 Å². The maximum absolute atomic E-state index is 12.1. The van der Waals surface area contributed by atoms with Gasteiger partial charge in [0.1, 0.15) is 5.78 Å². The van der Waals surface area contributed by atoms with E-state index in [0.29, 0.717) is 18.8 Å². The Bertz CT molecular complexity index is 288. The molecule has 0 aromatic carbocycles. The molecule has 0 unspecified atom stereocenters. The summed E-state index contributed by atoms with van der Waals surface area (Å²) >= 11 is 0. The summed E-state index contributed by atoms with van der Waals surface area (Å²) in [4.78, 5) is 12.1. The quantitative estimate of drug-likeness (QED) is 0.565. The number of Topliss-reactive ketones (excluding diaryl/α,β-unsaturated/α-hetero) is 1. The molecule has 76 valence electrons. The maximum atomic E-state index is 12.1. The lowest BCUT2D eigenvalue weighted by Crippen LogP contribution is -2.36. The number of ketones is 1. The predicted molar refractivity (Wildman–Crippen MR) is 55.6 cm³/mol. The summed E-state index contributed by atoms with van der Waals surface area (Å²) in [5.74, 6) is 0.231. The first kappa shape index (κ1) is 7.03. The zero-order valence-corrected chi connectivity index (χ0v) is 9.11. The molecule has 0 bridgehead atoms. The third-order valence-corrected chi connectivity index (χ3v) is 3.26. The first-order valence-corrected chi connectivity index (χ1v) is 5.02. The van der Waals surface area contributed by atoms with Crippen molar-refractivity contribution in [3.63, 3.8) is 0 Å². The Morgan fingerprint density at radius 3 is 2.54 bits per heavy atom. The summed E-state index contributed by atoms with van der Waals surface area (Å²) in [5.41, 5.74) is -1.03. The van der Waals surface area contributed by atoms with Crippen LogP contribution in [0.15, 0.2) is 0 Å². The minimum absolute atomic E-state index is 0.0846. The van der Waals surface area contributed by atoms with E-state index < -0.39 is 12.3 Å². The Labute approximate surface area is 86.1 Å². The van der Waals surface area contributed by atoms with E-state index >= 15 is 0 Å². The molecule has 0 aromatic rings. The third-order valence-electron chi connectivity index (χ3n) is 3.26. The second kappa shape index (κ2) is 3.11. The Balaban J connectivity index is 2.85. The van der Waals surface area contributed by atoms with Crippen LogP contribution in [0.3, 0.4) is 0 Å². The highest BCUT2D eigenvalue weighted by Crippen LogP contribution is 2.42. The lowest BCUT2D eigenvalue weighted by molar-refractivity contribution is -0.132. The third kappa shape index (κ3) is 2.32. The molecule has 1 saturated carbocycles. The van der Waals surface area contributed by atoms with Gasteiger partial charge < -0.3 is 0 Å². The van der Waals surface area contributed by atoms with Crippen LogP contribution in [0.25, 0.3) is 0 Å². The maximum Gasteiger partial charge on any atom is 0.138 e. The first-order chi connectivity index (χ1) is 6.98. The van der Waals surface area contributed by atoms with Crippen molar-refractivity contribution in [2.24, 2.45) is 16.7 Å². The molecule has 0 N–H and O–H groups in total. The Morgan fingerprint density at radius 1 is 1.54 bits per heavy atom. The van der Waals surface area contributed by atoms with E-state index in [1.165, 1.54) is 0 Å². The zero-order chi connectivity index (χ0) is 12.8. The van der Waals surface area contributed by atoms with Gasteiger partial charge in [0, 0.05) is 15.9 Å². The van der Waals surface area contributed by atoms with Gasteiger partial charge in [-0.2, -0.15) is 0 Å². The van der Waals surface area contributed by atoms with Gasteiger partial charge in [0.25, 0.3) is 0 Å². The summed E-state index contributed by atoms with van der Waals surface area (Å²) in [6.45, 7) is 5.78. The summed E-state index contributed by atoms with van der Waals surface area (Å²) in [5, 5.41) is 0. The van der Waals surface area contributed by atoms with E-state index in [2.05, 4.69) is 20.8 Å². The molecule has 2 atom stereocenters. The fraction of sp³-hybridized carbons (Fsp3) is 0.917. The molecule has 1 aliphatic rings. The molecule has 0 saturated heterocycles. The molecule has 1 heteroatoms. The van der Waals surface area contributed by atoms with Gasteiger partial charge in [-0.25, -0.2) is 0 Å². The van der Waals surface area contributed by atoms with E-state index in [1.807, 2.05) is 0 Å². The number of carbonyl (C=O) groups excluding carboxylic acids is 1. The van der Waals surface area contributed by atoms with Crippen molar-refractivity contribution < 1.29 is 8.91 Å². The second-order valence-electron chi connectivity index (χ2n) is 5.56. The summed E-state index contributed by atoms with van der Waals surface area (Å²) in [7, 11) is 0. The highest BCUT2D eigenvalue weighted by molar-refractivity contribution is 5.85. The largest absolute Gasteiger partial charge is 0.299 e. The lowest BCUT2D eigenvalue weighted by Gasteiger charge is -2.39. The van der Waals surface area contributed by atoms with Gasteiger partial charge >= 0.3 is 0 Å². The van der Waals surface area contributed by atoms with Crippen LogP contribution in [-0.2, 0) is 4.79 Å². The van der Waals surface area contributed by atoms with Gasteiger partial charge in [0.15, 0.2) is 0 Å². The summed E-state index contributed by atoms with van der Waals surface area (Å²) in [6, 6.07) is 0. The number of hydrogen-bond donors (Lipinski definition) is 0. The molecule has 1 fully saturated rings. The monoisotopic (exact) mass is 185 g/mol. The van der Waals surface area contributed by atoms with Crippen LogP contribution in [0.5, 0.6) is 0 Å². The molecular weight excluding hydrogens is 160 g/mol. The van der Waals surface area contributed by atoms with Gasteiger partial charge in [0.05, 0.1) is 0 Å². The second-order valence-corrected chi connectivity index (χ2v) is 5.56. The molecule has 13 heavy (non-hydrogen) atoms. The average molecular weight is 185 g/mol. The standard InChI is InChI=1S/C12H22O/c1-11(2,3)9-6-7-12(4,5)10(13)8-9/h9H,6-8H2,1-5H3/t9-/m0/s1/i4D3/t9-,12+. The molecule has 0 aliphatic heterocycles. The first-order valence-electron chi connectivity index (χ1n) is 6.52. The molecular formula is C12H22O. The lowest BCUT2D eigenvalue weighted by atomic mass is 9.65. The molecule has 0 spiro atoms. The SMILES string of the molecule is [2H]C([2H])([2H])[C@@]1(C)CC[C@H](C(C)(C)C)CC1=O. The normalized spacial score (nSPS) is 40.8. The highest BCUT2D eigenvalue weighted by atomic mass is 16.1. The zero-order valence-electron chi connectivity index (χ0n) is 12.1. The molecule has 0 heterocycles. The minimum Gasteiger partial charge on any atom is -0.299 e. The number of rotatable bonds is 0. The molecule has 1 nitrogen and oxygen atoms in total. The Morgan fingerprint density at radius 2 is 2.15 bits per heavy atom. The van der Waals surface area contributed by atoms with Crippen molar-refractivity contribution in [3.8, 4) is 0 Å². The van der Waals surface area contributed by atoms with Crippen LogP contribution < -0.4 is 0 Å². The van der Waals surface area contributed by atoms with Crippen LogP contribution in [-0.4, -0.2) is 5.78 Å². The minimum atomic E-state index is -2.16. The van der Waals surface area contributed by atoms with E-state index in [-0.39, 0.29) is 11.2 Å². The fourth-order valence-electron chi connectivity index (χ4n) is 1.89.